The monoisotopic (exact) mass is 676 g/mol. The number of fused-ring (bicyclic) bond motifs is 8. The fourth-order valence-corrected chi connectivity index (χ4v) is 7.75. The lowest BCUT2D eigenvalue weighted by Crippen LogP contribution is -2.02. The molecule has 0 radical (unpaired) electrons. The van der Waals surface area contributed by atoms with Gasteiger partial charge in [0.2, 0.25) is 0 Å². The van der Waals surface area contributed by atoms with Gasteiger partial charge in [-0.1, -0.05) is 146 Å². The van der Waals surface area contributed by atoms with Crippen molar-refractivity contribution in [1.82, 2.24) is 19.9 Å². The van der Waals surface area contributed by atoms with E-state index in [1.54, 1.807) is 0 Å². The lowest BCUT2D eigenvalue weighted by Gasteiger charge is -2.15. The maximum absolute atomic E-state index is 6.58. The van der Waals surface area contributed by atoms with Crippen molar-refractivity contribution in [2.45, 2.75) is 0 Å². The third-order valence-corrected chi connectivity index (χ3v) is 10.3. The van der Waals surface area contributed by atoms with E-state index in [-0.39, 0.29) is 0 Å². The van der Waals surface area contributed by atoms with Crippen LogP contribution in [0, 0.1) is 0 Å². The van der Waals surface area contributed by atoms with Crippen LogP contribution >= 0.6 is 0 Å². The molecule has 5 nitrogen and oxygen atoms in total. The Morgan fingerprint density at radius 1 is 0.396 bits per heavy atom. The molecule has 11 rings (SSSR count). The summed E-state index contributed by atoms with van der Waals surface area (Å²) in [5.41, 5.74) is 7.17. The van der Waals surface area contributed by atoms with Crippen molar-refractivity contribution in [3.05, 3.63) is 170 Å². The average molecular weight is 677 g/mol. The van der Waals surface area contributed by atoms with Gasteiger partial charge in [0.05, 0.1) is 5.39 Å². The van der Waals surface area contributed by atoms with Crippen LogP contribution in [0.5, 0.6) is 0 Å². The molecule has 0 saturated carbocycles. The van der Waals surface area contributed by atoms with Gasteiger partial charge in [0.1, 0.15) is 11.1 Å². The van der Waals surface area contributed by atoms with Crippen LogP contribution in [0.2, 0.25) is 0 Å². The van der Waals surface area contributed by atoms with Crippen LogP contribution in [-0.4, -0.2) is 19.9 Å². The molecule has 8 aromatic carbocycles. The van der Waals surface area contributed by atoms with Gasteiger partial charge in [0.25, 0.3) is 0 Å². The van der Waals surface area contributed by atoms with E-state index < -0.39 is 0 Å². The molecule has 0 saturated heterocycles. The van der Waals surface area contributed by atoms with Crippen molar-refractivity contribution < 1.29 is 4.42 Å². The minimum atomic E-state index is 0.598. The van der Waals surface area contributed by atoms with Gasteiger partial charge in [0, 0.05) is 33.7 Å². The number of rotatable bonds is 4. The van der Waals surface area contributed by atoms with E-state index in [9.17, 15) is 0 Å². The van der Waals surface area contributed by atoms with Gasteiger partial charge in [-0.25, -0.2) is 15.0 Å². The first-order valence-electron chi connectivity index (χ1n) is 17.7. The van der Waals surface area contributed by atoms with Crippen LogP contribution < -0.4 is 0 Å². The summed E-state index contributed by atoms with van der Waals surface area (Å²) in [5.74, 6) is 1.83. The highest BCUT2D eigenvalue weighted by Crippen LogP contribution is 2.44. The second-order valence-electron chi connectivity index (χ2n) is 13.4. The standard InChI is InChI=1S/C48H28N4O/c1-3-13-32-26-34(22-20-29(32)10-1)46-50-47(35-23-21-30-11-2-4-14-33(30)27-35)52-48(51-46)42-37-16-7-5-12-31(37)24-25-40(42)39-18-9-19-41-43(39)44-45(53-41)38-17-8-6-15-36(38)28-49-44/h1-28H. The van der Waals surface area contributed by atoms with Gasteiger partial charge in [0.15, 0.2) is 23.1 Å². The SMILES string of the molecule is c1ccc2cc(-c3nc(-c4ccc5ccccc5c4)nc(-c4c(-c5cccc6oc7c8ccccc8cnc7c56)ccc5ccccc45)n3)ccc2c1. The summed E-state index contributed by atoms with van der Waals surface area (Å²) in [4.78, 5) is 20.8. The van der Waals surface area contributed by atoms with Gasteiger partial charge in [-0.2, -0.15) is 0 Å². The van der Waals surface area contributed by atoms with Crippen molar-refractivity contribution in [3.8, 4) is 45.3 Å². The van der Waals surface area contributed by atoms with Crippen LogP contribution in [0.4, 0.5) is 0 Å². The highest BCUT2D eigenvalue weighted by atomic mass is 16.3. The topological polar surface area (TPSA) is 64.7 Å². The van der Waals surface area contributed by atoms with E-state index in [1.807, 2.05) is 24.4 Å². The molecule has 0 amide bonds. The summed E-state index contributed by atoms with van der Waals surface area (Å²) in [6, 6.07) is 56.8. The van der Waals surface area contributed by atoms with Crippen LogP contribution in [0.25, 0.3) is 110 Å². The zero-order chi connectivity index (χ0) is 34.9. The highest BCUT2D eigenvalue weighted by molar-refractivity contribution is 6.18. The molecule has 11 aromatic rings. The summed E-state index contributed by atoms with van der Waals surface area (Å²) in [5, 5.41) is 9.77. The third-order valence-electron chi connectivity index (χ3n) is 10.3. The van der Waals surface area contributed by atoms with E-state index in [1.165, 1.54) is 10.8 Å². The molecule has 5 heteroatoms. The summed E-state index contributed by atoms with van der Waals surface area (Å²) in [7, 11) is 0. The molecule has 0 aliphatic rings. The number of pyridine rings is 1. The maximum atomic E-state index is 6.58. The van der Waals surface area contributed by atoms with Crippen molar-refractivity contribution in [3.63, 3.8) is 0 Å². The lowest BCUT2D eigenvalue weighted by atomic mass is 9.91. The Kier molecular flexibility index (Phi) is 6.48. The molecule has 3 heterocycles. The minimum absolute atomic E-state index is 0.598. The highest BCUT2D eigenvalue weighted by Gasteiger charge is 2.22. The van der Waals surface area contributed by atoms with E-state index in [0.29, 0.717) is 17.5 Å². The normalized spacial score (nSPS) is 11.8. The Morgan fingerprint density at radius 3 is 1.66 bits per heavy atom. The minimum Gasteiger partial charge on any atom is -0.454 e. The molecule has 0 N–H and O–H groups in total. The molecular weight excluding hydrogens is 649 g/mol. The van der Waals surface area contributed by atoms with E-state index in [4.69, 9.17) is 24.4 Å². The molecule has 0 atom stereocenters. The molecule has 3 aromatic heterocycles. The van der Waals surface area contributed by atoms with E-state index >= 15 is 0 Å². The Morgan fingerprint density at radius 2 is 0.962 bits per heavy atom. The quantitative estimate of drug-likeness (QED) is 0.186. The van der Waals surface area contributed by atoms with Crippen molar-refractivity contribution >= 4 is 65.2 Å². The summed E-state index contributed by atoms with van der Waals surface area (Å²) < 4.78 is 6.58. The summed E-state index contributed by atoms with van der Waals surface area (Å²) in [6.45, 7) is 0. The average Bonchev–Trinajstić information content (AvgIpc) is 3.62. The Bertz CT molecular complexity index is 3160. The van der Waals surface area contributed by atoms with Crippen molar-refractivity contribution in [2.75, 3.05) is 0 Å². The largest absolute Gasteiger partial charge is 0.454 e. The van der Waals surface area contributed by atoms with E-state index in [2.05, 4.69) is 146 Å². The van der Waals surface area contributed by atoms with Gasteiger partial charge in [-0.3, -0.25) is 4.98 Å². The number of hydrogen-bond donors (Lipinski definition) is 0. The first-order chi connectivity index (χ1) is 26.2. The Labute approximate surface area is 303 Å². The smallest absolute Gasteiger partial charge is 0.165 e. The van der Waals surface area contributed by atoms with Crippen LogP contribution in [0.15, 0.2) is 174 Å². The Balaban J connectivity index is 1.22. The van der Waals surface area contributed by atoms with Crippen molar-refractivity contribution in [2.24, 2.45) is 0 Å². The van der Waals surface area contributed by atoms with Gasteiger partial charge in [-0.05, 0) is 61.6 Å². The molecule has 0 spiro atoms. The predicted octanol–water partition coefficient (Wildman–Crippen LogP) is 12.4. The second-order valence-corrected chi connectivity index (χ2v) is 13.4. The zero-order valence-corrected chi connectivity index (χ0v) is 28.4. The lowest BCUT2D eigenvalue weighted by molar-refractivity contribution is 0.672. The molecule has 0 unspecified atom stereocenters. The molecule has 0 bridgehead atoms. The number of furan rings is 1. The number of hydrogen-bond acceptors (Lipinski definition) is 5. The van der Waals surface area contributed by atoms with Gasteiger partial charge in [-0.15, -0.1) is 0 Å². The summed E-state index contributed by atoms with van der Waals surface area (Å²) in [6.07, 6.45) is 1.93. The summed E-state index contributed by atoms with van der Waals surface area (Å²) >= 11 is 0. The fraction of sp³-hybridized carbons (Fsp3) is 0. The maximum Gasteiger partial charge on any atom is 0.165 e. The fourth-order valence-electron chi connectivity index (χ4n) is 7.75. The molecule has 246 valence electrons. The number of nitrogens with zero attached hydrogens (tertiary/aromatic N) is 4. The third kappa shape index (κ3) is 4.79. The first kappa shape index (κ1) is 29.5. The van der Waals surface area contributed by atoms with Crippen LogP contribution in [-0.2, 0) is 0 Å². The second kappa shape index (κ2) is 11.7. The van der Waals surface area contributed by atoms with Gasteiger partial charge < -0.3 is 4.42 Å². The Hall–Kier alpha value is -7.24. The number of aromatic nitrogens is 4. The number of benzene rings is 8. The molecule has 0 aliphatic carbocycles. The molecule has 0 fully saturated rings. The zero-order valence-electron chi connectivity index (χ0n) is 28.4. The molecular formula is C48H28N4O. The van der Waals surface area contributed by atoms with Gasteiger partial charge >= 0.3 is 0 Å². The predicted molar refractivity (Wildman–Crippen MR) is 217 cm³/mol. The van der Waals surface area contributed by atoms with E-state index in [0.717, 1.165) is 82.2 Å². The first-order valence-corrected chi connectivity index (χ1v) is 17.7. The molecule has 53 heavy (non-hydrogen) atoms. The van der Waals surface area contributed by atoms with Crippen LogP contribution in [0.3, 0.4) is 0 Å². The van der Waals surface area contributed by atoms with Crippen molar-refractivity contribution in [1.29, 1.82) is 0 Å². The molecule has 0 aliphatic heterocycles. The van der Waals surface area contributed by atoms with Crippen LogP contribution in [0.1, 0.15) is 0 Å².